The summed E-state index contributed by atoms with van der Waals surface area (Å²) in [5.74, 6) is -5.01. The zero-order valence-electron chi connectivity index (χ0n) is 47.2. The Hall–Kier alpha value is -4.40. The van der Waals surface area contributed by atoms with Crippen molar-refractivity contribution in [2.24, 2.45) is 34.6 Å². The number of carbonyl (C=O) groups is 5. The molecule has 1 aromatic rings. The van der Waals surface area contributed by atoms with E-state index in [2.05, 4.69) is 16.0 Å². The number of nitrogens with zero attached hydrogens (tertiary/aromatic N) is 4. The van der Waals surface area contributed by atoms with Crippen LogP contribution in [-0.4, -0.2) is 186 Å². The normalized spacial score (nSPS) is 39.2. The van der Waals surface area contributed by atoms with Crippen molar-refractivity contribution in [1.82, 2.24) is 30.7 Å². The highest BCUT2D eigenvalue weighted by Crippen LogP contribution is 2.43. The number of fused-ring (bicyclic) bond motifs is 2. The number of hydrogen-bond donors (Lipinski definition) is 5. The summed E-state index contributed by atoms with van der Waals surface area (Å²) in [5, 5.41) is 33.2. The first-order chi connectivity index (χ1) is 35.3. The summed E-state index contributed by atoms with van der Waals surface area (Å²) in [4.78, 5) is 82.2. The van der Waals surface area contributed by atoms with Gasteiger partial charge in [0.1, 0.15) is 24.2 Å². The largest absolute Gasteiger partial charge is 0.454 e. The Labute approximate surface area is 445 Å². The number of aliphatic imine (C=N–C) groups is 1. The number of aliphatic hydroxyl groups excluding tert-OH is 1. The van der Waals surface area contributed by atoms with E-state index in [0.717, 1.165) is 5.56 Å². The lowest BCUT2D eigenvalue weighted by molar-refractivity contribution is -0.287. The van der Waals surface area contributed by atoms with Crippen molar-refractivity contribution in [3.63, 3.8) is 0 Å². The van der Waals surface area contributed by atoms with Crippen molar-refractivity contribution in [1.29, 1.82) is 0 Å². The van der Waals surface area contributed by atoms with Crippen LogP contribution >= 0.6 is 0 Å². The summed E-state index contributed by atoms with van der Waals surface area (Å²) in [6.07, 6.45) is -1.90. The molecule has 0 spiro atoms. The number of amidine groups is 1. The van der Waals surface area contributed by atoms with Gasteiger partial charge in [0.25, 0.3) is 6.02 Å². The fourth-order valence-corrected chi connectivity index (χ4v) is 12.5. The average Bonchev–Trinajstić information content (AvgIpc) is 3.97. The second-order valence-electron chi connectivity index (χ2n) is 23.5. The fourth-order valence-electron chi connectivity index (χ4n) is 12.5. The molecular formula is C56H91N7O12. The molecule has 0 radical (unpaired) electrons. The minimum atomic E-state index is -1.64. The number of carbonyl (C=O) groups excluding carboxylic acids is 5. The minimum Gasteiger partial charge on any atom is -0.454 e. The molecule has 1 unspecified atom stereocenters. The molecule has 422 valence electrons. The third-order valence-corrected chi connectivity index (χ3v) is 16.9. The van der Waals surface area contributed by atoms with Crippen LogP contribution in [0.15, 0.2) is 35.3 Å². The molecule has 6 rings (SSSR count). The molecule has 5 fully saturated rings. The first kappa shape index (κ1) is 59.8. The summed E-state index contributed by atoms with van der Waals surface area (Å²) in [7, 11) is 5.21. The first-order valence-electron chi connectivity index (χ1n) is 27.6. The third-order valence-electron chi connectivity index (χ3n) is 16.9. The van der Waals surface area contributed by atoms with Crippen LogP contribution in [0.3, 0.4) is 0 Å². The summed E-state index contributed by atoms with van der Waals surface area (Å²) >= 11 is 0. The van der Waals surface area contributed by atoms with Crippen LogP contribution < -0.4 is 16.0 Å². The van der Waals surface area contributed by atoms with Gasteiger partial charge in [-0.15, -0.1) is 0 Å². The number of benzene rings is 1. The maximum absolute atomic E-state index is 15.1. The van der Waals surface area contributed by atoms with Crippen molar-refractivity contribution in [2.45, 2.75) is 212 Å². The Bertz CT molecular complexity index is 2150. The van der Waals surface area contributed by atoms with E-state index in [4.69, 9.17) is 28.7 Å². The standard InChI is InChI=1S/C56H91N7O12/c1-15-33(5)45-50(67)57-29-44(64)59-41(25-38-20-17-16-18-21-38)51(68)63-23-19-22-42(63)52(69)61(12)30-32(4)27-55(10,70)48(75-53-46-43(24-34(6)72-53)62(13)54(74-46)58-31(2)3)35(7)40(36(8)49(66)60-45)26-39-28-56(11,71-14)47(65)37(9)73-39/h16-18,20-21,31-37,39-43,45-48,53,65,70H,15,19,22-30H2,1-14H3,(H,57,67)(H,59,64)(H,60,66)/t32-,33+,34-,35+,36-,37+,39+,40+,41+,42+,43+,45?,46-,47+,48-,53+,55-,56-/m1/s1. The highest BCUT2D eigenvalue weighted by molar-refractivity contribution is 5.95. The predicted molar refractivity (Wildman–Crippen MR) is 283 cm³/mol. The lowest BCUT2D eigenvalue weighted by Gasteiger charge is -2.48. The zero-order valence-corrected chi connectivity index (χ0v) is 47.2. The van der Waals surface area contributed by atoms with Gasteiger partial charge in [-0.05, 0) is 103 Å². The topological polar surface area (TPSA) is 230 Å². The molecule has 5 N–H and O–H groups in total. The predicted octanol–water partition coefficient (Wildman–Crippen LogP) is 3.81. The molecule has 5 heterocycles. The van der Waals surface area contributed by atoms with E-state index in [1.807, 2.05) is 97.7 Å². The Morgan fingerprint density at radius 3 is 2.28 bits per heavy atom. The number of amides is 5. The van der Waals surface area contributed by atoms with Crippen LogP contribution in [0.4, 0.5) is 0 Å². The summed E-state index contributed by atoms with van der Waals surface area (Å²) in [5.41, 5.74) is -1.80. The van der Waals surface area contributed by atoms with Gasteiger partial charge in [0.15, 0.2) is 12.4 Å². The molecule has 0 saturated carbocycles. The summed E-state index contributed by atoms with van der Waals surface area (Å²) in [6.45, 7) is 20.9. The van der Waals surface area contributed by atoms with Crippen LogP contribution in [-0.2, 0) is 54.1 Å². The Kier molecular flexibility index (Phi) is 20.2. The van der Waals surface area contributed by atoms with E-state index in [1.165, 1.54) is 0 Å². The molecule has 5 aliphatic heterocycles. The monoisotopic (exact) mass is 1050 g/mol. The van der Waals surface area contributed by atoms with Crippen molar-refractivity contribution in [3.05, 3.63) is 35.9 Å². The number of aliphatic hydroxyl groups is 2. The van der Waals surface area contributed by atoms with E-state index in [9.17, 15) is 29.4 Å². The van der Waals surface area contributed by atoms with Crippen molar-refractivity contribution in [3.8, 4) is 0 Å². The quantitative estimate of drug-likeness (QED) is 0.225. The Morgan fingerprint density at radius 1 is 0.933 bits per heavy atom. The average molecular weight is 1050 g/mol. The van der Waals surface area contributed by atoms with Crippen molar-refractivity contribution < 1.29 is 57.9 Å². The lowest BCUT2D eigenvalue weighted by atomic mass is 9.70. The molecule has 0 aromatic heterocycles. The number of hydrogen-bond acceptors (Lipinski definition) is 13. The van der Waals surface area contributed by atoms with Gasteiger partial charge < -0.3 is 64.5 Å². The number of likely N-dealkylation sites (N-methyl/N-ethyl adjacent to an activating group) is 2. The molecule has 0 bridgehead atoms. The lowest BCUT2D eigenvalue weighted by Crippen LogP contribution is -2.59. The SMILES string of the molecule is CC[C@H](C)C1NC(=O)[C@H](C)[C@@H](C[C@H]2C[C@@](C)(OC)[C@@H](O)[C@H](C)O2)[C@H](C)[C@@H](O[C@@H]2O[C@H](C)C[C@H]3[C@H]2OC(=NC(C)C)N3C)[C@](C)(O)C[C@@H](C)CN(C)C(=O)[C@@H]2CCCN2C(=O)[C@H](Cc2ccccc2)NC(=O)CNC1=O. The zero-order chi connectivity index (χ0) is 55.3. The van der Waals surface area contributed by atoms with E-state index >= 15 is 4.79 Å². The van der Waals surface area contributed by atoms with Gasteiger partial charge in [0, 0.05) is 59.1 Å². The van der Waals surface area contributed by atoms with Crippen molar-refractivity contribution in [2.75, 3.05) is 40.8 Å². The van der Waals surface area contributed by atoms with Gasteiger partial charge in [0.05, 0.1) is 48.2 Å². The molecule has 75 heavy (non-hydrogen) atoms. The van der Waals surface area contributed by atoms with Gasteiger partial charge in [0.2, 0.25) is 29.5 Å². The molecule has 18 atom stereocenters. The number of rotatable bonds is 10. The summed E-state index contributed by atoms with van der Waals surface area (Å²) in [6, 6.07) is 6.69. The summed E-state index contributed by atoms with van der Waals surface area (Å²) < 4.78 is 32.9. The van der Waals surface area contributed by atoms with E-state index in [1.54, 1.807) is 44.7 Å². The minimum absolute atomic E-state index is 0.0458. The maximum atomic E-state index is 15.1. The van der Waals surface area contributed by atoms with Gasteiger partial charge >= 0.3 is 0 Å². The van der Waals surface area contributed by atoms with Crippen LogP contribution in [0.5, 0.6) is 0 Å². The first-order valence-corrected chi connectivity index (χ1v) is 27.6. The number of nitrogens with one attached hydrogen (secondary N) is 3. The highest BCUT2D eigenvalue weighted by Gasteiger charge is 2.54. The Morgan fingerprint density at radius 2 is 1.63 bits per heavy atom. The van der Waals surface area contributed by atoms with E-state index < -0.39 is 114 Å². The number of methoxy groups -OCH3 is 1. The maximum Gasteiger partial charge on any atom is 0.288 e. The van der Waals surface area contributed by atoms with Gasteiger partial charge in [-0.25, -0.2) is 4.99 Å². The Balaban J connectivity index is 1.43. The third kappa shape index (κ3) is 14.2. The van der Waals surface area contributed by atoms with Crippen molar-refractivity contribution >= 4 is 35.6 Å². The second kappa shape index (κ2) is 25.4. The van der Waals surface area contributed by atoms with Gasteiger partial charge in [-0.1, -0.05) is 71.4 Å². The molecular weight excluding hydrogens is 963 g/mol. The van der Waals surface area contributed by atoms with E-state index in [-0.39, 0.29) is 61.7 Å². The molecule has 1 aromatic carbocycles. The molecule has 5 aliphatic rings. The molecule has 5 amide bonds. The van der Waals surface area contributed by atoms with Crippen LogP contribution in [0, 0.1) is 29.6 Å². The molecule has 19 nitrogen and oxygen atoms in total. The molecule has 5 saturated heterocycles. The molecule has 0 aliphatic carbocycles. The van der Waals surface area contributed by atoms with Crippen LogP contribution in [0.1, 0.15) is 127 Å². The van der Waals surface area contributed by atoms with Gasteiger partial charge in [-0.3, -0.25) is 24.0 Å². The van der Waals surface area contributed by atoms with Crippen LogP contribution in [0.25, 0.3) is 0 Å². The van der Waals surface area contributed by atoms with Gasteiger partial charge in [-0.2, -0.15) is 0 Å². The number of ether oxygens (including phenoxy) is 5. The van der Waals surface area contributed by atoms with Crippen LogP contribution in [0.2, 0.25) is 0 Å². The smallest absolute Gasteiger partial charge is 0.288 e. The second-order valence-corrected chi connectivity index (χ2v) is 23.5. The fraction of sp³-hybridized carbons (Fsp3) is 0.786. The molecule has 19 heteroatoms. The highest BCUT2D eigenvalue weighted by atomic mass is 16.7. The van der Waals surface area contributed by atoms with E-state index in [0.29, 0.717) is 44.7 Å².